The third-order valence-corrected chi connectivity index (χ3v) is 8.44. The number of nitrogens with zero attached hydrogens (tertiary/aromatic N) is 4. The highest BCUT2D eigenvalue weighted by Crippen LogP contribution is 2.33. The number of unbranched alkanes of at least 4 members (excludes halogenated alkanes) is 3. The maximum atomic E-state index is 12.5. The first-order valence-corrected chi connectivity index (χ1v) is 16.2. The molecular weight excluding hydrogens is 587 g/mol. The van der Waals surface area contributed by atoms with Gasteiger partial charge in [0.2, 0.25) is 12.7 Å². The molecular formula is C33H44Cl2N4O4. The van der Waals surface area contributed by atoms with Crippen molar-refractivity contribution in [2.75, 3.05) is 64.1 Å². The van der Waals surface area contributed by atoms with E-state index in [2.05, 4.69) is 28.6 Å². The van der Waals surface area contributed by atoms with Crippen molar-refractivity contribution in [3.63, 3.8) is 0 Å². The van der Waals surface area contributed by atoms with Crippen LogP contribution in [0.15, 0.2) is 48.5 Å². The number of piperazine rings is 1. The number of pyridine rings is 1. The van der Waals surface area contributed by atoms with Crippen molar-refractivity contribution in [1.82, 2.24) is 14.8 Å². The van der Waals surface area contributed by atoms with Crippen LogP contribution >= 0.6 is 23.2 Å². The van der Waals surface area contributed by atoms with Gasteiger partial charge in [-0.3, -0.25) is 4.90 Å². The molecule has 0 bridgehead atoms. The van der Waals surface area contributed by atoms with Crippen LogP contribution in [0.1, 0.15) is 52.4 Å². The summed E-state index contributed by atoms with van der Waals surface area (Å²) >= 11 is 12.6. The first-order chi connectivity index (χ1) is 21.0. The number of aromatic nitrogens is 1. The molecule has 8 nitrogen and oxygen atoms in total. The Labute approximate surface area is 265 Å². The Morgan fingerprint density at radius 1 is 0.907 bits per heavy atom. The predicted octanol–water partition coefficient (Wildman–Crippen LogP) is 7.90. The van der Waals surface area contributed by atoms with Gasteiger partial charge in [-0.25, -0.2) is 9.78 Å². The second kappa shape index (κ2) is 17.4. The van der Waals surface area contributed by atoms with Crippen molar-refractivity contribution in [3.05, 3.63) is 58.6 Å². The number of hydrogen-bond acceptors (Lipinski definition) is 7. The van der Waals surface area contributed by atoms with Crippen molar-refractivity contribution < 1.29 is 19.0 Å². The summed E-state index contributed by atoms with van der Waals surface area (Å²) in [6.07, 6.45) is 5.65. The minimum absolute atomic E-state index is 0.175. The fraction of sp³-hybridized carbons (Fsp3) is 0.515. The maximum Gasteiger partial charge on any atom is 0.412 e. The topological polar surface area (TPSA) is 67.4 Å². The van der Waals surface area contributed by atoms with Gasteiger partial charge in [0.05, 0.1) is 27.9 Å². The molecule has 0 unspecified atom stereocenters. The molecule has 0 N–H and O–H groups in total. The van der Waals surface area contributed by atoms with E-state index in [9.17, 15) is 4.79 Å². The number of carbonyl (C=O) groups excluding carboxylic acids is 1. The van der Waals surface area contributed by atoms with Crippen LogP contribution in [0.3, 0.4) is 0 Å². The highest BCUT2D eigenvalue weighted by molar-refractivity contribution is 6.43. The highest BCUT2D eigenvalue weighted by atomic mass is 35.5. The second-order valence-electron chi connectivity index (χ2n) is 10.8. The lowest BCUT2D eigenvalue weighted by molar-refractivity contribution is 0.0325. The number of anilines is 1. The molecule has 2 aromatic carbocycles. The zero-order chi connectivity index (χ0) is 30.4. The Kier molecular flexibility index (Phi) is 13.3. The Balaban J connectivity index is 1.16. The normalized spacial score (nSPS) is 13.7. The lowest BCUT2D eigenvalue weighted by atomic mass is 10.2. The molecule has 0 aliphatic carbocycles. The Bertz CT molecular complexity index is 1300. The average Bonchev–Trinajstić information content (AvgIpc) is 3.02. The first-order valence-electron chi connectivity index (χ1n) is 15.5. The number of carbonyl (C=O) groups is 1. The van der Waals surface area contributed by atoms with Crippen LogP contribution in [-0.2, 0) is 4.74 Å². The van der Waals surface area contributed by atoms with Crippen LogP contribution in [0.4, 0.5) is 10.5 Å². The number of rotatable bonds is 16. The van der Waals surface area contributed by atoms with E-state index in [1.807, 2.05) is 42.5 Å². The van der Waals surface area contributed by atoms with E-state index in [1.165, 1.54) is 0 Å². The van der Waals surface area contributed by atoms with E-state index in [0.29, 0.717) is 35.6 Å². The van der Waals surface area contributed by atoms with Gasteiger partial charge in [-0.05, 0) is 62.6 Å². The van der Waals surface area contributed by atoms with Crippen LogP contribution in [-0.4, -0.2) is 80.1 Å². The van der Waals surface area contributed by atoms with Crippen LogP contribution < -0.4 is 14.4 Å². The largest absolute Gasteiger partial charge is 0.494 e. The minimum Gasteiger partial charge on any atom is -0.494 e. The molecule has 1 amide bonds. The molecule has 0 saturated carbocycles. The summed E-state index contributed by atoms with van der Waals surface area (Å²) in [6.45, 7) is 11.0. The monoisotopic (exact) mass is 630 g/mol. The van der Waals surface area contributed by atoms with Gasteiger partial charge in [-0.1, -0.05) is 56.0 Å². The third-order valence-electron chi connectivity index (χ3n) is 7.63. The standard InChI is InChI=1S/C33H44Cl2N4O4/c1-3-5-17-39(18-6-4-2)33(40)43-25-42-31-15-13-26-12-14-27(24-29(26)36-31)41-23-8-7-16-37-19-21-38(22-20-37)30-11-9-10-28(34)32(30)35/h9-15,24H,3-8,16-23,25H2,1-2H3. The van der Waals surface area contributed by atoms with Gasteiger partial charge >= 0.3 is 6.09 Å². The number of fused-ring (bicyclic) bond motifs is 1. The van der Waals surface area contributed by atoms with Crippen molar-refractivity contribution in [2.45, 2.75) is 52.4 Å². The fourth-order valence-corrected chi connectivity index (χ4v) is 5.46. The molecule has 1 aliphatic heterocycles. The molecule has 3 aromatic rings. The molecule has 0 spiro atoms. The number of ether oxygens (including phenoxy) is 3. The molecule has 1 fully saturated rings. The van der Waals surface area contributed by atoms with Gasteiger partial charge in [0.15, 0.2) is 0 Å². The summed E-state index contributed by atoms with van der Waals surface area (Å²) in [5.74, 6) is 1.18. The third kappa shape index (κ3) is 10.1. The molecule has 1 saturated heterocycles. The van der Waals surface area contributed by atoms with Crippen molar-refractivity contribution in [2.24, 2.45) is 0 Å². The highest BCUT2D eigenvalue weighted by Gasteiger charge is 2.19. The van der Waals surface area contributed by atoms with Crippen molar-refractivity contribution in [3.8, 4) is 11.6 Å². The molecule has 1 aromatic heterocycles. The molecule has 0 radical (unpaired) electrons. The summed E-state index contributed by atoms with van der Waals surface area (Å²) in [4.78, 5) is 23.6. The Morgan fingerprint density at radius 3 is 2.40 bits per heavy atom. The average molecular weight is 632 g/mol. The van der Waals surface area contributed by atoms with Crippen LogP contribution in [0, 0.1) is 0 Å². The number of amides is 1. The van der Waals surface area contributed by atoms with E-state index in [4.69, 9.17) is 37.4 Å². The molecule has 4 rings (SSSR count). The summed E-state index contributed by atoms with van der Waals surface area (Å²) in [6, 6.07) is 15.4. The quantitative estimate of drug-likeness (QED) is 0.118. The molecule has 43 heavy (non-hydrogen) atoms. The lowest BCUT2D eigenvalue weighted by Gasteiger charge is -2.36. The summed E-state index contributed by atoms with van der Waals surface area (Å²) in [5.41, 5.74) is 1.78. The number of hydrogen-bond donors (Lipinski definition) is 0. The van der Waals surface area contributed by atoms with Gasteiger partial charge in [-0.15, -0.1) is 0 Å². The minimum atomic E-state index is -0.344. The van der Waals surface area contributed by atoms with Crippen molar-refractivity contribution >= 4 is 45.9 Å². The zero-order valence-corrected chi connectivity index (χ0v) is 26.9. The molecule has 10 heteroatoms. The Hall–Kier alpha value is -2.94. The second-order valence-corrected chi connectivity index (χ2v) is 11.6. The molecule has 0 atom stereocenters. The van der Waals surface area contributed by atoms with Gasteiger partial charge in [0, 0.05) is 56.8 Å². The Morgan fingerprint density at radius 2 is 1.65 bits per heavy atom. The van der Waals surface area contributed by atoms with E-state index < -0.39 is 0 Å². The smallest absolute Gasteiger partial charge is 0.412 e. The summed E-state index contributed by atoms with van der Waals surface area (Å²) in [5, 5.41) is 2.22. The summed E-state index contributed by atoms with van der Waals surface area (Å²) < 4.78 is 17.1. The van der Waals surface area contributed by atoms with E-state index in [-0.39, 0.29) is 12.9 Å². The van der Waals surface area contributed by atoms with Crippen LogP contribution in [0.5, 0.6) is 11.6 Å². The SMILES string of the molecule is CCCCN(CCCC)C(=O)OCOc1ccc2ccc(OCCCCN3CCN(c4cccc(Cl)c4Cl)CC3)cc2n1. The predicted molar refractivity (Wildman–Crippen MR) is 175 cm³/mol. The van der Waals surface area contributed by atoms with Crippen LogP contribution in [0.2, 0.25) is 10.0 Å². The molecule has 234 valence electrons. The van der Waals surface area contributed by atoms with Gasteiger partial charge in [0.1, 0.15) is 5.75 Å². The molecule has 1 aliphatic rings. The fourth-order valence-electron chi connectivity index (χ4n) is 5.05. The van der Waals surface area contributed by atoms with Gasteiger partial charge in [0.25, 0.3) is 0 Å². The van der Waals surface area contributed by atoms with Gasteiger partial charge in [-0.2, -0.15) is 0 Å². The summed E-state index contributed by atoms with van der Waals surface area (Å²) in [7, 11) is 0. The lowest BCUT2D eigenvalue weighted by Crippen LogP contribution is -2.46. The van der Waals surface area contributed by atoms with E-state index >= 15 is 0 Å². The van der Waals surface area contributed by atoms with Gasteiger partial charge < -0.3 is 24.0 Å². The molecule has 2 heterocycles. The van der Waals surface area contributed by atoms with Crippen LogP contribution in [0.25, 0.3) is 10.9 Å². The number of benzene rings is 2. The number of halogens is 2. The van der Waals surface area contributed by atoms with Crippen molar-refractivity contribution in [1.29, 1.82) is 0 Å². The van der Waals surface area contributed by atoms with E-state index in [1.54, 1.807) is 11.0 Å². The maximum absolute atomic E-state index is 12.5. The van der Waals surface area contributed by atoms with E-state index in [0.717, 1.165) is 93.6 Å². The first kappa shape index (κ1) is 33.0. The zero-order valence-electron chi connectivity index (χ0n) is 25.4.